The molecule has 1 saturated heterocycles. The molecule has 0 aliphatic carbocycles. The lowest BCUT2D eigenvalue weighted by atomic mass is 10.1. The highest BCUT2D eigenvalue weighted by Gasteiger charge is 2.36. The van der Waals surface area contributed by atoms with Crippen LogP contribution in [0.25, 0.3) is 0 Å². The van der Waals surface area contributed by atoms with E-state index in [0.29, 0.717) is 11.1 Å². The van der Waals surface area contributed by atoms with Gasteiger partial charge in [-0.25, -0.2) is 0 Å². The summed E-state index contributed by atoms with van der Waals surface area (Å²) in [5.74, 6) is 0. The predicted molar refractivity (Wildman–Crippen MR) is 75.0 cm³/mol. The first-order valence-electron chi connectivity index (χ1n) is 6.78. The molecule has 3 nitrogen and oxygen atoms in total. The third-order valence-corrected chi connectivity index (χ3v) is 8.50. The van der Waals surface area contributed by atoms with Crippen molar-refractivity contribution in [2.45, 2.75) is 57.8 Å². The molecule has 1 heterocycles. The Hall–Kier alpha value is 0.0969. The van der Waals surface area contributed by atoms with E-state index in [-0.39, 0.29) is 0 Å². The molecule has 17 heavy (non-hydrogen) atoms. The molecule has 0 aromatic carbocycles. The molecule has 0 spiro atoms. The van der Waals surface area contributed by atoms with E-state index >= 15 is 0 Å². The predicted octanol–water partition coefficient (Wildman–Crippen LogP) is 2.78. The maximum absolute atomic E-state index is 6.12. The van der Waals surface area contributed by atoms with Gasteiger partial charge in [0.05, 0.1) is 6.61 Å². The summed E-state index contributed by atoms with van der Waals surface area (Å²) in [7, 11) is -1.56. The molecule has 0 saturated carbocycles. The van der Waals surface area contributed by atoms with E-state index in [2.05, 4.69) is 39.2 Å². The minimum absolute atomic E-state index is 0.306. The summed E-state index contributed by atoms with van der Waals surface area (Å²) >= 11 is 0. The molecule has 1 fully saturated rings. The minimum Gasteiger partial charge on any atom is -0.416 e. The fourth-order valence-corrected chi connectivity index (χ4v) is 2.73. The van der Waals surface area contributed by atoms with E-state index in [1.165, 1.54) is 12.8 Å². The zero-order valence-electron chi connectivity index (χ0n) is 12.1. The fourth-order valence-electron chi connectivity index (χ4n) is 1.69. The molecular weight excluding hydrogens is 230 g/mol. The van der Waals surface area contributed by atoms with Gasteiger partial charge in [0.25, 0.3) is 0 Å². The van der Waals surface area contributed by atoms with Gasteiger partial charge < -0.3 is 14.5 Å². The van der Waals surface area contributed by atoms with Crippen molar-refractivity contribution in [3.05, 3.63) is 0 Å². The summed E-state index contributed by atoms with van der Waals surface area (Å²) in [4.78, 5) is 0. The largest absolute Gasteiger partial charge is 0.416 e. The first-order valence-corrected chi connectivity index (χ1v) is 9.69. The molecule has 0 radical (unpaired) electrons. The van der Waals surface area contributed by atoms with Gasteiger partial charge >= 0.3 is 0 Å². The lowest BCUT2D eigenvalue weighted by Crippen LogP contribution is -2.44. The fraction of sp³-hybridized carbons (Fsp3) is 1.00. The molecule has 1 aliphatic rings. The topological polar surface area (TPSA) is 30.5 Å². The van der Waals surface area contributed by atoms with Crippen molar-refractivity contribution in [1.82, 2.24) is 5.32 Å². The SMILES string of the molecule is CC(C)(C)[Si](C)(C)OCCNC1CCCOC1. The zero-order valence-corrected chi connectivity index (χ0v) is 13.1. The van der Waals surface area contributed by atoms with Crippen LogP contribution in [0.4, 0.5) is 0 Å². The van der Waals surface area contributed by atoms with Gasteiger partial charge in [-0.3, -0.25) is 0 Å². The summed E-state index contributed by atoms with van der Waals surface area (Å²) in [6, 6.07) is 0.534. The number of hydrogen-bond acceptors (Lipinski definition) is 3. The van der Waals surface area contributed by atoms with E-state index in [4.69, 9.17) is 9.16 Å². The Labute approximate surface area is 107 Å². The highest BCUT2D eigenvalue weighted by molar-refractivity contribution is 6.74. The second-order valence-electron chi connectivity index (χ2n) is 6.48. The number of hydrogen-bond donors (Lipinski definition) is 1. The van der Waals surface area contributed by atoms with Crippen molar-refractivity contribution in [2.24, 2.45) is 0 Å². The van der Waals surface area contributed by atoms with Crippen LogP contribution in [0.1, 0.15) is 33.6 Å². The number of ether oxygens (including phenoxy) is 1. The Kier molecular flexibility index (Phi) is 5.63. The van der Waals surface area contributed by atoms with Crippen LogP contribution in [-0.4, -0.2) is 40.7 Å². The van der Waals surface area contributed by atoms with Crippen molar-refractivity contribution >= 4 is 8.32 Å². The Morgan fingerprint density at radius 2 is 2.06 bits per heavy atom. The molecule has 1 N–H and O–H groups in total. The normalized spacial score (nSPS) is 22.8. The lowest BCUT2D eigenvalue weighted by Gasteiger charge is -2.36. The summed E-state index contributed by atoms with van der Waals surface area (Å²) < 4.78 is 11.6. The Bertz CT molecular complexity index is 220. The first-order chi connectivity index (χ1) is 7.83. The third-order valence-electron chi connectivity index (χ3n) is 3.96. The van der Waals surface area contributed by atoms with Crippen LogP contribution in [0.15, 0.2) is 0 Å². The van der Waals surface area contributed by atoms with Gasteiger partial charge in [0.15, 0.2) is 8.32 Å². The average Bonchev–Trinajstić information content (AvgIpc) is 2.24. The van der Waals surface area contributed by atoms with Gasteiger partial charge in [-0.1, -0.05) is 20.8 Å². The van der Waals surface area contributed by atoms with Gasteiger partial charge in [0.1, 0.15) is 0 Å². The van der Waals surface area contributed by atoms with Crippen molar-refractivity contribution in [1.29, 1.82) is 0 Å². The quantitative estimate of drug-likeness (QED) is 0.608. The van der Waals surface area contributed by atoms with Crippen LogP contribution in [0.5, 0.6) is 0 Å². The van der Waals surface area contributed by atoms with Crippen LogP contribution in [0.3, 0.4) is 0 Å². The maximum Gasteiger partial charge on any atom is 0.192 e. The second kappa shape index (κ2) is 6.32. The molecule has 1 atom stereocenters. The van der Waals surface area contributed by atoms with E-state index in [1.54, 1.807) is 0 Å². The van der Waals surface area contributed by atoms with Gasteiger partial charge in [-0.15, -0.1) is 0 Å². The summed E-state index contributed by atoms with van der Waals surface area (Å²) in [5.41, 5.74) is 0. The van der Waals surface area contributed by atoms with Crippen LogP contribution in [0, 0.1) is 0 Å². The van der Waals surface area contributed by atoms with E-state index in [1.807, 2.05) is 0 Å². The van der Waals surface area contributed by atoms with E-state index in [0.717, 1.165) is 26.4 Å². The van der Waals surface area contributed by atoms with Gasteiger partial charge in [-0.2, -0.15) is 0 Å². The van der Waals surface area contributed by atoms with Crippen LogP contribution < -0.4 is 5.32 Å². The lowest BCUT2D eigenvalue weighted by molar-refractivity contribution is 0.0690. The van der Waals surface area contributed by atoms with Crippen molar-refractivity contribution in [3.63, 3.8) is 0 Å². The van der Waals surface area contributed by atoms with Gasteiger partial charge in [-0.05, 0) is 31.0 Å². The Balaban J connectivity index is 2.15. The highest BCUT2D eigenvalue weighted by Crippen LogP contribution is 2.36. The smallest absolute Gasteiger partial charge is 0.192 e. The van der Waals surface area contributed by atoms with E-state index in [9.17, 15) is 0 Å². The summed E-state index contributed by atoms with van der Waals surface area (Å²) in [5, 5.41) is 3.82. The average molecular weight is 259 g/mol. The van der Waals surface area contributed by atoms with Crippen LogP contribution in [-0.2, 0) is 9.16 Å². The molecule has 0 bridgehead atoms. The molecule has 102 valence electrons. The van der Waals surface area contributed by atoms with Gasteiger partial charge in [0, 0.05) is 25.8 Å². The molecule has 1 unspecified atom stereocenters. The molecule has 0 aromatic heterocycles. The molecule has 0 amide bonds. The standard InChI is InChI=1S/C13H29NO2Si/c1-13(2,3)17(4,5)16-10-8-14-12-7-6-9-15-11-12/h12,14H,6-11H2,1-5H3. The van der Waals surface area contributed by atoms with Crippen molar-refractivity contribution in [2.75, 3.05) is 26.4 Å². The van der Waals surface area contributed by atoms with Gasteiger partial charge in [0.2, 0.25) is 0 Å². The minimum atomic E-state index is -1.56. The number of nitrogens with one attached hydrogen (secondary N) is 1. The Morgan fingerprint density at radius 1 is 1.35 bits per heavy atom. The van der Waals surface area contributed by atoms with E-state index < -0.39 is 8.32 Å². The van der Waals surface area contributed by atoms with Crippen molar-refractivity contribution < 1.29 is 9.16 Å². The molecule has 1 rings (SSSR count). The van der Waals surface area contributed by atoms with Crippen LogP contribution >= 0.6 is 0 Å². The molecular formula is C13H29NO2Si. The third kappa shape index (κ3) is 5.08. The first kappa shape index (κ1) is 15.2. The summed E-state index contributed by atoms with van der Waals surface area (Å²) in [6.07, 6.45) is 2.42. The maximum atomic E-state index is 6.12. The highest BCUT2D eigenvalue weighted by atomic mass is 28.4. The second-order valence-corrected chi connectivity index (χ2v) is 11.3. The van der Waals surface area contributed by atoms with Crippen molar-refractivity contribution in [3.8, 4) is 0 Å². The number of rotatable bonds is 5. The molecule has 0 aromatic rings. The zero-order chi connectivity index (χ0) is 12.9. The monoisotopic (exact) mass is 259 g/mol. The molecule has 4 heteroatoms. The van der Waals surface area contributed by atoms with Crippen LogP contribution in [0.2, 0.25) is 18.1 Å². The molecule has 1 aliphatic heterocycles. The Morgan fingerprint density at radius 3 is 2.59 bits per heavy atom. The summed E-state index contributed by atoms with van der Waals surface area (Å²) in [6.45, 7) is 15.0.